The third kappa shape index (κ3) is 2.90. The van der Waals surface area contributed by atoms with Crippen LogP contribution in [0.2, 0.25) is 0 Å². The standard InChI is InChI=1S/C12H14N2O2/c15-9-8-12-14-13-11(16-12)7-6-10-4-2-1-3-5-10/h1-5,15H,6-9H2. The van der Waals surface area contributed by atoms with Crippen LogP contribution in [0, 0.1) is 0 Å². The summed E-state index contributed by atoms with van der Waals surface area (Å²) in [4.78, 5) is 0. The average Bonchev–Trinajstić information content (AvgIpc) is 2.76. The van der Waals surface area contributed by atoms with E-state index in [0.29, 0.717) is 18.2 Å². The van der Waals surface area contributed by atoms with Gasteiger partial charge in [0.15, 0.2) is 0 Å². The smallest absolute Gasteiger partial charge is 0.218 e. The summed E-state index contributed by atoms with van der Waals surface area (Å²) in [5.41, 5.74) is 1.25. The normalized spacial score (nSPS) is 10.6. The molecule has 4 nitrogen and oxygen atoms in total. The lowest BCUT2D eigenvalue weighted by molar-refractivity contribution is 0.283. The van der Waals surface area contributed by atoms with Crippen LogP contribution >= 0.6 is 0 Å². The second-order valence-corrected chi connectivity index (χ2v) is 3.55. The second kappa shape index (κ2) is 5.42. The van der Waals surface area contributed by atoms with Crippen molar-refractivity contribution in [1.29, 1.82) is 0 Å². The molecule has 0 aliphatic rings. The Morgan fingerprint density at radius 3 is 2.31 bits per heavy atom. The Bertz CT molecular complexity index is 426. The Balaban J connectivity index is 1.89. The first-order valence-corrected chi connectivity index (χ1v) is 5.34. The summed E-state index contributed by atoms with van der Waals surface area (Å²) in [5, 5.41) is 16.5. The van der Waals surface area contributed by atoms with E-state index in [9.17, 15) is 0 Å². The van der Waals surface area contributed by atoms with Crippen LogP contribution in [0.3, 0.4) is 0 Å². The molecule has 0 atom stereocenters. The predicted octanol–water partition coefficient (Wildman–Crippen LogP) is 1.39. The fraction of sp³-hybridized carbons (Fsp3) is 0.333. The van der Waals surface area contributed by atoms with E-state index in [2.05, 4.69) is 22.3 Å². The summed E-state index contributed by atoms with van der Waals surface area (Å²) in [5.74, 6) is 1.14. The van der Waals surface area contributed by atoms with Crippen molar-refractivity contribution in [3.63, 3.8) is 0 Å². The maximum Gasteiger partial charge on any atom is 0.218 e. The van der Waals surface area contributed by atoms with E-state index in [1.165, 1.54) is 5.56 Å². The minimum Gasteiger partial charge on any atom is -0.425 e. The highest BCUT2D eigenvalue weighted by molar-refractivity contribution is 5.15. The summed E-state index contributed by atoms with van der Waals surface area (Å²) in [6.45, 7) is 0.0420. The van der Waals surface area contributed by atoms with Gasteiger partial charge in [0.25, 0.3) is 0 Å². The first-order chi connectivity index (χ1) is 7.88. The molecule has 1 N–H and O–H groups in total. The highest BCUT2D eigenvalue weighted by Gasteiger charge is 2.05. The number of hydrogen-bond acceptors (Lipinski definition) is 4. The molecule has 2 aromatic rings. The van der Waals surface area contributed by atoms with Crippen molar-refractivity contribution in [2.75, 3.05) is 6.61 Å². The van der Waals surface area contributed by atoms with Crippen LogP contribution in [0.5, 0.6) is 0 Å². The fourth-order valence-electron chi connectivity index (χ4n) is 1.48. The zero-order valence-electron chi connectivity index (χ0n) is 8.97. The minimum absolute atomic E-state index is 0.0420. The van der Waals surface area contributed by atoms with Gasteiger partial charge in [-0.25, -0.2) is 0 Å². The van der Waals surface area contributed by atoms with Crippen LogP contribution < -0.4 is 0 Å². The van der Waals surface area contributed by atoms with E-state index in [4.69, 9.17) is 9.52 Å². The van der Waals surface area contributed by atoms with Crippen LogP contribution in [-0.2, 0) is 19.3 Å². The maximum atomic E-state index is 8.71. The Morgan fingerprint density at radius 1 is 0.938 bits per heavy atom. The zero-order valence-corrected chi connectivity index (χ0v) is 8.97. The molecule has 0 amide bonds. The van der Waals surface area contributed by atoms with Crippen LogP contribution in [-0.4, -0.2) is 21.9 Å². The van der Waals surface area contributed by atoms with Gasteiger partial charge in [-0.05, 0) is 12.0 Å². The molecule has 2 rings (SSSR count). The molecule has 0 saturated carbocycles. The molecule has 1 heterocycles. The van der Waals surface area contributed by atoms with Gasteiger partial charge in [0.05, 0.1) is 6.61 Å². The first-order valence-electron chi connectivity index (χ1n) is 5.34. The van der Waals surface area contributed by atoms with Gasteiger partial charge in [-0.1, -0.05) is 30.3 Å². The molecule has 0 fully saturated rings. The molecule has 4 heteroatoms. The Hall–Kier alpha value is -1.68. The zero-order chi connectivity index (χ0) is 11.2. The molecule has 1 aromatic carbocycles. The summed E-state index contributed by atoms with van der Waals surface area (Å²) in [6, 6.07) is 10.2. The van der Waals surface area contributed by atoms with Crippen LogP contribution in [0.1, 0.15) is 17.3 Å². The van der Waals surface area contributed by atoms with Crippen molar-refractivity contribution in [2.45, 2.75) is 19.3 Å². The number of aromatic nitrogens is 2. The summed E-state index contributed by atoms with van der Waals surface area (Å²) in [7, 11) is 0. The summed E-state index contributed by atoms with van der Waals surface area (Å²) in [6.07, 6.45) is 2.06. The van der Waals surface area contributed by atoms with Gasteiger partial charge in [0, 0.05) is 12.8 Å². The molecule has 84 valence electrons. The number of hydrogen-bond donors (Lipinski definition) is 1. The molecule has 0 aliphatic carbocycles. The number of rotatable bonds is 5. The van der Waals surface area contributed by atoms with Crippen LogP contribution in [0.15, 0.2) is 34.7 Å². The SMILES string of the molecule is OCCc1nnc(CCc2ccccc2)o1. The molecule has 0 radical (unpaired) electrons. The van der Waals surface area contributed by atoms with E-state index >= 15 is 0 Å². The second-order valence-electron chi connectivity index (χ2n) is 3.55. The highest BCUT2D eigenvalue weighted by Crippen LogP contribution is 2.06. The van der Waals surface area contributed by atoms with Gasteiger partial charge in [-0.2, -0.15) is 0 Å². The molecular weight excluding hydrogens is 204 g/mol. The van der Waals surface area contributed by atoms with Crippen molar-refractivity contribution >= 4 is 0 Å². The van der Waals surface area contributed by atoms with Crippen molar-refractivity contribution in [1.82, 2.24) is 10.2 Å². The number of aliphatic hydroxyl groups excluding tert-OH is 1. The number of aryl methyl sites for hydroxylation is 2. The third-order valence-corrected chi connectivity index (χ3v) is 2.30. The lowest BCUT2D eigenvalue weighted by Crippen LogP contribution is -1.91. The van der Waals surface area contributed by atoms with Gasteiger partial charge in [0.1, 0.15) is 0 Å². The first kappa shape index (κ1) is 10.8. The maximum absolute atomic E-state index is 8.71. The monoisotopic (exact) mass is 218 g/mol. The minimum atomic E-state index is 0.0420. The van der Waals surface area contributed by atoms with E-state index in [-0.39, 0.29) is 6.61 Å². The lowest BCUT2D eigenvalue weighted by atomic mass is 10.1. The quantitative estimate of drug-likeness (QED) is 0.823. The molecule has 0 bridgehead atoms. The van der Waals surface area contributed by atoms with E-state index in [1.54, 1.807) is 0 Å². The Morgan fingerprint density at radius 2 is 1.62 bits per heavy atom. The van der Waals surface area contributed by atoms with Gasteiger partial charge in [0.2, 0.25) is 11.8 Å². The highest BCUT2D eigenvalue weighted by atomic mass is 16.4. The largest absolute Gasteiger partial charge is 0.425 e. The van der Waals surface area contributed by atoms with Crippen LogP contribution in [0.25, 0.3) is 0 Å². The molecule has 16 heavy (non-hydrogen) atoms. The van der Waals surface area contributed by atoms with E-state index in [0.717, 1.165) is 12.8 Å². The fourth-order valence-corrected chi connectivity index (χ4v) is 1.48. The third-order valence-electron chi connectivity index (χ3n) is 2.30. The van der Waals surface area contributed by atoms with Gasteiger partial charge >= 0.3 is 0 Å². The molecular formula is C12H14N2O2. The topological polar surface area (TPSA) is 59.2 Å². The van der Waals surface area contributed by atoms with Gasteiger partial charge in [-0.15, -0.1) is 10.2 Å². The Labute approximate surface area is 93.9 Å². The van der Waals surface area contributed by atoms with E-state index in [1.807, 2.05) is 18.2 Å². The predicted molar refractivity (Wildman–Crippen MR) is 58.9 cm³/mol. The van der Waals surface area contributed by atoms with Crippen molar-refractivity contribution in [3.8, 4) is 0 Å². The summed E-state index contributed by atoms with van der Waals surface area (Å²) >= 11 is 0. The molecule has 0 unspecified atom stereocenters. The van der Waals surface area contributed by atoms with Crippen LogP contribution in [0.4, 0.5) is 0 Å². The van der Waals surface area contributed by atoms with Gasteiger partial charge in [-0.3, -0.25) is 0 Å². The van der Waals surface area contributed by atoms with Gasteiger partial charge < -0.3 is 9.52 Å². The molecule has 0 aliphatic heterocycles. The molecule has 0 spiro atoms. The average molecular weight is 218 g/mol. The Kier molecular flexibility index (Phi) is 3.66. The number of nitrogens with zero attached hydrogens (tertiary/aromatic N) is 2. The van der Waals surface area contributed by atoms with Crippen molar-refractivity contribution in [3.05, 3.63) is 47.7 Å². The van der Waals surface area contributed by atoms with Crippen molar-refractivity contribution < 1.29 is 9.52 Å². The van der Waals surface area contributed by atoms with Crippen molar-refractivity contribution in [2.24, 2.45) is 0 Å². The lowest BCUT2D eigenvalue weighted by Gasteiger charge is -1.96. The number of benzene rings is 1. The van der Waals surface area contributed by atoms with E-state index < -0.39 is 0 Å². The number of aliphatic hydroxyl groups is 1. The molecule has 0 saturated heterocycles. The summed E-state index contributed by atoms with van der Waals surface area (Å²) < 4.78 is 5.36. The molecule has 1 aromatic heterocycles.